The SMILES string of the molecule is N/C1=C/C(O)=C\CCCC1=O. The standard InChI is InChI=1S/C8H11NO2/c9-7-5-6(10)3-1-2-4-8(7)11/h3,5,10H,1-2,4,9H2/b6-3+,7-5+. The van der Waals surface area contributed by atoms with Gasteiger partial charge >= 0.3 is 0 Å². The molecule has 1 aliphatic rings. The van der Waals surface area contributed by atoms with E-state index in [1.807, 2.05) is 0 Å². The first kappa shape index (κ1) is 7.85. The lowest BCUT2D eigenvalue weighted by molar-refractivity contribution is -0.115. The third-order valence-electron chi connectivity index (χ3n) is 1.59. The average molecular weight is 153 g/mol. The Morgan fingerprint density at radius 3 is 3.00 bits per heavy atom. The molecule has 3 heteroatoms. The Labute approximate surface area is 65.2 Å². The van der Waals surface area contributed by atoms with Gasteiger partial charge in [0.15, 0.2) is 5.78 Å². The van der Waals surface area contributed by atoms with Crippen LogP contribution in [-0.2, 0) is 4.79 Å². The topological polar surface area (TPSA) is 63.3 Å². The number of hydrogen-bond donors (Lipinski definition) is 2. The Hall–Kier alpha value is -1.25. The van der Waals surface area contributed by atoms with Crippen molar-refractivity contribution >= 4 is 5.78 Å². The molecule has 0 unspecified atom stereocenters. The van der Waals surface area contributed by atoms with Gasteiger partial charge in [0.25, 0.3) is 0 Å². The van der Waals surface area contributed by atoms with Gasteiger partial charge in [-0.1, -0.05) is 0 Å². The first-order valence-corrected chi connectivity index (χ1v) is 3.59. The van der Waals surface area contributed by atoms with E-state index in [1.165, 1.54) is 6.08 Å². The van der Waals surface area contributed by atoms with E-state index in [0.29, 0.717) is 6.42 Å². The van der Waals surface area contributed by atoms with Gasteiger partial charge in [-0.05, 0) is 18.9 Å². The molecular weight excluding hydrogens is 142 g/mol. The zero-order valence-electron chi connectivity index (χ0n) is 6.21. The van der Waals surface area contributed by atoms with E-state index in [9.17, 15) is 4.79 Å². The highest BCUT2D eigenvalue weighted by Gasteiger charge is 2.07. The van der Waals surface area contributed by atoms with Gasteiger partial charge in [-0.3, -0.25) is 4.79 Å². The number of nitrogens with two attached hydrogens (primary N) is 1. The summed E-state index contributed by atoms with van der Waals surface area (Å²) < 4.78 is 0. The van der Waals surface area contributed by atoms with Gasteiger partial charge in [-0.15, -0.1) is 0 Å². The molecule has 0 atom stereocenters. The van der Waals surface area contributed by atoms with E-state index in [0.717, 1.165) is 12.8 Å². The zero-order valence-corrected chi connectivity index (χ0v) is 6.21. The van der Waals surface area contributed by atoms with Gasteiger partial charge in [-0.25, -0.2) is 0 Å². The second-order valence-corrected chi connectivity index (χ2v) is 2.54. The summed E-state index contributed by atoms with van der Waals surface area (Å²) in [7, 11) is 0. The minimum Gasteiger partial charge on any atom is -0.508 e. The lowest BCUT2D eigenvalue weighted by Gasteiger charge is -2.03. The summed E-state index contributed by atoms with van der Waals surface area (Å²) in [6, 6.07) is 0. The predicted octanol–water partition coefficient (Wildman–Crippen LogP) is 1.02. The highest BCUT2D eigenvalue weighted by atomic mass is 16.3. The zero-order chi connectivity index (χ0) is 8.27. The van der Waals surface area contributed by atoms with Crippen LogP contribution in [0.4, 0.5) is 0 Å². The van der Waals surface area contributed by atoms with Crippen molar-refractivity contribution in [3.8, 4) is 0 Å². The molecule has 0 aromatic heterocycles. The van der Waals surface area contributed by atoms with Crippen LogP contribution >= 0.6 is 0 Å². The number of hydrogen-bond acceptors (Lipinski definition) is 3. The van der Waals surface area contributed by atoms with E-state index in [2.05, 4.69) is 0 Å². The number of Topliss-reactive ketones (excluding diaryl/α,β-unsaturated/α-hetero) is 1. The number of aliphatic hydroxyl groups excluding tert-OH is 1. The van der Waals surface area contributed by atoms with Crippen molar-refractivity contribution in [2.24, 2.45) is 5.73 Å². The molecule has 0 radical (unpaired) electrons. The smallest absolute Gasteiger partial charge is 0.178 e. The molecule has 0 amide bonds. The van der Waals surface area contributed by atoms with Crippen LogP contribution in [0.1, 0.15) is 19.3 Å². The van der Waals surface area contributed by atoms with Crippen molar-refractivity contribution in [1.82, 2.24) is 0 Å². The van der Waals surface area contributed by atoms with Crippen molar-refractivity contribution in [2.75, 3.05) is 0 Å². The largest absolute Gasteiger partial charge is 0.508 e. The second kappa shape index (κ2) is 3.23. The van der Waals surface area contributed by atoms with E-state index in [4.69, 9.17) is 10.8 Å². The van der Waals surface area contributed by atoms with E-state index >= 15 is 0 Å². The predicted molar refractivity (Wildman–Crippen MR) is 41.8 cm³/mol. The first-order chi connectivity index (χ1) is 5.20. The molecular formula is C8H11NO2. The fourth-order valence-corrected chi connectivity index (χ4v) is 0.956. The highest BCUT2D eigenvalue weighted by molar-refractivity contribution is 5.94. The summed E-state index contributed by atoms with van der Waals surface area (Å²) in [5.74, 6) is 0.0141. The Balaban J connectivity index is 2.83. The number of aliphatic hydroxyl groups is 1. The summed E-state index contributed by atoms with van der Waals surface area (Å²) in [4.78, 5) is 11.0. The van der Waals surface area contributed by atoms with Gasteiger partial charge in [0, 0.05) is 12.5 Å². The molecule has 0 heterocycles. The van der Waals surface area contributed by atoms with Crippen molar-refractivity contribution in [3.05, 3.63) is 23.6 Å². The second-order valence-electron chi connectivity index (χ2n) is 2.54. The third kappa shape index (κ3) is 2.11. The van der Waals surface area contributed by atoms with Crippen molar-refractivity contribution in [2.45, 2.75) is 19.3 Å². The molecule has 60 valence electrons. The number of ketones is 1. The molecule has 0 fully saturated rings. The van der Waals surface area contributed by atoms with Crippen LogP contribution < -0.4 is 5.73 Å². The maximum Gasteiger partial charge on any atom is 0.178 e. The highest BCUT2D eigenvalue weighted by Crippen LogP contribution is 2.09. The molecule has 1 aliphatic carbocycles. The molecule has 0 spiro atoms. The van der Waals surface area contributed by atoms with Crippen molar-refractivity contribution < 1.29 is 9.90 Å². The van der Waals surface area contributed by atoms with Gasteiger partial charge in [0.2, 0.25) is 0 Å². The van der Waals surface area contributed by atoms with Crippen LogP contribution in [0.15, 0.2) is 23.6 Å². The first-order valence-electron chi connectivity index (χ1n) is 3.59. The molecule has 0 saturated heterocycles. The van der Waals surface area contributed by atoms with Crippen LogP contribution in [0.25, 0.3) is 0 Å². The Morgan fingerprint density at radius 2 is 2.27 bits per heavy atom. The van der Waals surface area contributed by atoms with E-state index in [-0.39, 0.29) is 17.2 Å². The Kier molecular flexibility index (Phi) is 2.31. The minimum absolute atomic E-state index is 0.0790. The molecule has 0 aliphatic heterocycles. The van der Waals surface area contributed by atoms with Crippen molar-refractivity contribution in [1.29, 1.82) is 0 Å². The molecule has 11 heavy (non-hydrogen) atoms. The van der Waals surface area contributed by atoms with Crippen LogP contribution in [0.3, 0.4) is 0 Å². The quantitative estimate of drug-likeness (QED) is 0.546. The average Bonchev–Trinajstić information content (AvgIpc) is 1.95. The summed E-state index contributed by atoms with van der Waals surface area (Å²) in [6.07, 6.45) is 4.95. The monoisotopic (exact) mass is 153 g/mol. The maximum absolute atomic E-state index is 11.0. The van der Waals surface area contributed by atoms with Gasteiger partial charge in [0.1, 0.15) is 5.76 Å². The van der Waals surface area contributed by atoms with E-state index < -0.39 is 0 Å². The maximum atomic E-state index is 11.0. The van der Waals surface area contributed by atoms with Gasteiger partial charge in [0.05, 0.1) is 5.70 Å². The minimum atomic E-state index is -0.0790. The van der Waals surface area contributed by atoms with Crippen molar-refractivity contribution in [3.63, 3.8) is 0 Å². The molecule has 3 N–H and O–H groups in total. The summed E-state index contributed by atoms with van der Waals surface area (Å²) in [6.45, 7) is 0. The molecule has 0 aromatic rings. The number of rotatable bonds is 0. The van der Waals surface area contributed by atoms with Gasteiger partial charge < -0.3 is 10.8 Å². The fourth-order valence-electron chi connectivity index (χ4n) is 0.956. The van der Waals surface area contributed by atoms with Crippen LogP contribution in [0.2, 0.25) is 0 Å². The lowest BCUT2D eigenvalue weighted by Crippen LogP contribution is -2.12. The molecule has 1 rings (SSSR count). The molecule has 0 bridgehead atoms. The molecule has 0 saturated carbocycles. The Bertz CT molecular complexity index is 228. The van der Waals surface area contributed by atoms with Crippen LogP contribution in [0, 0.1) is 0 Å². The molecule has 0 aromatic carbocycles. The lowest BCUT2D eigenvalue weighted by atomic mass is 10.1. The summed E-state index contributed by atoms with van der Waals surface area (Å²) >= 11 is 0. The number of carbonyl (C=O) groups excluding carboxylic acids is 1. The fraction of sp³-hybridized carbons (Fsp3) is 0.375. The van der Waals surface area contributed by atoms with Crippen LogP contribution in [-0.4, -0.2) is 10.9 Å². The summed E-state index contributed by atoms with van der Waals surface area (Å²) in [5, 5.41) is 9.05. The van der Waals surface area contributed by atoms with Gasteiger partial charge in [-0.2, -0.15) is 0 Å². The number of carbonyl (C=O) groups is 1. The molecule has 3 nitrogen and oxygen atoms in total. The van der Waals surface area contributed by atoms with E-state index in [1.54, 1.807) is 6.08 Å². The normalized spacial score (nSPS) is 29.3. The third-order valence-corrected chi connectivity index (χ3v) is 1.59. The number of allylic oxidation sites excluding steroid dienone is 3. The van der Waals surface area contributed by atoms with Crippen LogP contribution in [0.5, 0.6) is 0 Å². The Morgan fingerprint density at radius 1 is 1.55 bits per heavy atom. The summed E-state index contributed by atoms with van der Waals surface area (Å²) in [5.41, 5.74) is 5.50.